The first kappa shape index (κ1) is 19.5. The second-order valence-electron chi connectivity index (χ2n) is 7.28. The first-order valence-corrected chi connectivity index (χ1v) is 10.5. The smallest absolute Gasteiger partial charge is 0.285 e. The normalized spacial score (nSPS) is 20.2. The SMILES string of the molecule is CC1=C(c2ccc(F)cc2)S(=O)(=O)N=C1N1CCC(C(=O)NC(C)C)CC1. The summed E-state index contributed by atoms with van der Waals surface area (Å²) in [5, 5.41) is 2.93. The third-order valence-corrected chi connectivity index (χ3v) is 6.31. The molecule has 0 saturated carbocycles. The Kier molecular flexibility index (Phi) is 5.37. The maximum absolute atomic E-state index is 13.2. The molecule has 0 aliphatic carbocycles. The van der Waals surface area contributed by atoms with Crippen molar-refractivity contribution in [2.45, 2.75) is 39.7 Å². The van der Waals surface area contributed by atoms with Crippen LogP contribution in [0.15, 0.2) is 34.2 Å². The summed E-state index contributed by atoms with van der Waals surface area (Å²) >= 11 is 0. The molecule has 1 saturated heterocycles. The van der Waals surface area contributed by atoms with E-state index in [9.17, 15) is 17.6 Å². The number of carbonyl (C=O) groups is 1. The van der Waals surface area contributed by atoms with Crippen LogP contribution in [0.3, 0.4) is 0 Å². The minimum Gasteiger partial charge on any atom is -0.356 e. The predicted molar refractivity (Wildman–Crippen MR) is 103 cm³/mol. The van der Waals surface area contributed by atoms with Crippen molar-refractivity contribution < 1.29 is 17.6 Å². The number of nitrogens with one attached hydrogen (secondary N) is 1. The van der Waals surface area contributed by atoms with Gasteiger partial charge in [0.1, 0.15) is 16.6 Å². The Hall–Kier alpha value is -2.22. The lowest BCUT2D eigenvalue weighted by molar-refractivity contribution is -0.126. The van der Waals surface area contributed by atoms with E-state index in [1.807, 2.05) is 18.7 Å². The summed E-state index contributed by atoms with van der Waals surface area (Å²) in [5.74, 6) is -0.0136. The van der Waals surface area contributed by atoms with E-state index in [-0.39, 0.29) is 22.8 Å². The number of hydrogen-bond donors (Lipinski definition) is 1. The molecule has 3 rings (SSSR count). The summed E-state index contributed by atoms with van der Waals surface area (Å²) in [6, 6.07) is 5.48. The van der Waals surface area contributed by atoms with Gasteiger partial charge in [0.2, 0.25) is 5.91 Å². The summed E-state index contributed by atoms with van der Waals surface area (Å²) in [6.45, 7) is 6.71. The van der Waals surface area contributed by atoms with Crippen molar-refractivity contribution in [2.75, 3.05) is 13.1 Å². The molecule has 1 N–H and O–H groups in total. The molecular weight excluding hydrogens is 369 g/mol. The highest BCUT2D eigenvalue weighted by Gasteiger charge is 2.35. The van der Waals surface area contributed by atoms with Gasteiger partial charge in [-0.25, -0.2) is 4.39 Å². The molecule has 2 aliphatic rings. The highest BCUT2D eigenvalue weighted by Crippen LogP contribution is 2.34. The number of sulfonamides is 1. The molecule has 1 aromatic rings. The van der Waals surface area contributed by atoms with E-state index < -0.39 is 15.8 Å². The summed E-state index contributed by atoms with van der Waals surface area (Å²) in [6.07, 6.45) is 1.30. The summed E-state index contributed by atoms with van der Waals surface area (Å²) in [4.78, 5) is 14.2. The molecule has 0 aromatic heterocycles. The Morgan fingerprint density at radius 2 is 1.81 bits per heavy atom. The number of carbonyl (C=O) groups excluding carboxylic acids is 1. The Balaban J connectivity index is 1.78. The fourth-order valence-corrected chi connectivity index (χ4v) is 5.02. The van der Waals surface area contributed by atoms with Gasteiger partial charge < -0.3 is 10.2 Å². The Morgan fingerprint density at radius 1 is 1.22 bits per heavy atom. The van der Waals surface area contributed by atoms with Crippen LogP contribution in [0.1, 0.15) is 39.2 Å². The number of rotatable bonds is 3. The van der Waals surface area contributed by atoms with Gasteiger partial charge in [-0.1, -0.05) is 12.1 Å². The largest absolute Gasteiger partial charge is 0.356 e. The lowest BCUT2D eigenvalue weighted by Gasteiger charge is -2.33. The highest BCUT2D eigenvalue weighted by molar-refractivity contribution is 8.00. The van der Waals surface area contributed by atoms with Crippen molar-refractivity contribution in [3.05, 3.63) is 41.2 Å². The van der Waals surface area contributed by atoms with Crippen LogP contribution in [-0.4, -0.2) is 44.2 Å². The van der Waals surface area contributed by atoms with Gasteiger partial charge in [-0.3, -0.25) is 4.79 Å². The summed E-state index contributed by atoms with van der Waals surface area (Å²) < 4.78 is 42.3. The first-order valence-electron chi connectivity index (χ1n) is 9.06. The molecule has 1 amide bonds. The molecule has 8 heteroatoms. The predicted octanol–water partition coefficient (Wildman–Crippen LogP) is 2.54. The molecule has 0 radical (unpaired) electrons. The van der Waals surface area contributed by atoms with Crippen molar-refractivity contribution >= 4 is 26.7 Å². The van der Waals surface area contributed by atoms with Crippen molar-refractivity contribution in [1.82, 2.24) is 10.2 Å². The van der Waals surface area contributed by atoms with Crippen molar-refractivity contribution in [1.29, 1.82) is 0 Å². The van der Waals surface area contributed by atoms with Gasteiger partial charge in [0, 0.05) is 30.6 Å². The van der Waals surface area contributed by atoms with E-state index in [0.29, 0.717) is 42.9 Å². The van der Waals surface area contributed by atoms with Crippen LogP contribution in [-0.2, 0) is 14.8 Å². The zero-order chi connectivity index (χ0) is 19.8. The number of piperidine rings is 1. The van der Waals surface area contributed by atoms with Crippen LogP contribution in [0.5, 0.6) is 0 Å². The van der Waals surface area contributed by atoms with Crippen LogP contribution in [0.2, 0.25) is 0 Å². The lowest BCUT2D eigenvalue weighted by Crippen LogP contribution is -2.44. The molecule has 27 heavy (non-hydrogen) atoms. The van der Waals surface area contributed by atoms with Crippen LogP contribution in [0.4, 0.5) is 4.39 Å². The van der Waals surface area contributed by atoms with Gasteiger partial charge in [-0.2, -0.15) is 8.42 Å². The van der Waals surface area contributed by atoms with E-state index in [0.717, 1.165) is 0 Å². The van der Waals surface area contributed by atoms with Crippen LogP contribution < -0.4 is 5.32 Å². The average Bonchev–Trinajstić information content (AvgIpc) is 2.85. The number of amides is 1. The fourth-order valence-electron chi connectivity index (χ4n) is 3.54. The number of nitrogens with zero attached hydrogens (tertiary/aromatic N) is 2. The third-order valence-electron chi connectivity index (χ3n) is 4.84. The second-order valence-corrected chi connectivity index (χ2v) is 8.82. The van der Waals surface area contributed by atoms with Crippen molar-refractivity contribution in [3.8, 4) is 0 Å². The van der Waals surface area contributed by atoms with Crippen LogP contribution in [0, 0.1) is 11.7 Å². The number of halogens is 1. The first-order chi connectivity index (χ1) is 12.7. The maximum Gasteiger partial charge on any atom is 0.285 e. The van der Waals surface area contributed by atoms with Gasteiger partial charge in [0.05, 0.1) is 0 Å². The van der Waals surface area contributed by atoms with E-state index in [4.69, 9.17) is 0 Å². The zero-order valence-electron chi connectivity index (χ0n) is 15.7. The quantitative estimate of drug-likeness (QED) is 0.856. The number of hydrogen-bond acceptors (Lipinski definition) is 4. The molecule has 2 heterocycles. The monoisotopic (exact) mass is 393 g/mol. The molecule has 0 unspecified atom stereocenters. The molecule has 1 aromatic carbocycles. The average molecular weight is 393 g/mol. The molecule has 0 atom stereocenters. The minimum absolute atomic E-state index is 0.0462. The minimum atomic E-state index is -3.82. The molecule has 0 bridgehead atoms. The van der Waals surface area contributed by atoms with Gasteiger partial charge >= 0.3 is 0 Å². The lowest BCUT2D eigenvalue weighted by atomic mass is 9.95. The number of amidine groups is 1. The number of benzene rings is 1. The topological polar surface area (TPSA) is 78.8 Å². The number of likely N-dealkylation sites (tertiary alicyclic amines) is 1. The van der Waals surface area contributed by atoms with E-state index >= 15 is 0 Å². The van der Waals surface area contributed by atoms with E-state index in [1.165, 1.54) is 24.3 Å². The van der Waals surface area contributed by atoms with Gasteiger partial charge in [-0.15, -0.1) is 4.40 Å². The molecule has 2 aliphatic heterocycles. The molecule has 1 fully saturated rings. The van der Waals surface area contributed by atoms with Gasteiger partial charge in [-0.05, 0) is 51.3 Å². The van der Waals surface area contributed by atoms with E-state index in [2.05, 4.69) is 9.71 Å². The van der Waals surface area contributed by atoms with Gasteiger partial charge in [0.25, 0.3) is 10.0 Å². The standard InChI is InChI=1S/C19H24FN3O3S/c1-12(2)21-19(24)15-8-10-23(11-9-15)18-13(3)17(27(25,26)22-18)14-4-6-16(20)7-5-14/h4-7,12,15H,8-11H2,1-3H3,(H,21,24). The molecular formula is C19H24FN3O3S. The highest BCUT2D eigenvalue weighted by atomic mass is 32.2. The Bertz CT molecular complexity index is 897. The third kappa shape index (κ3) is 4.05. The Morgan fingerprint density at radius 3 is 2.37 bits per heavy atom. The Labute approximate surface area is 159 Å². The second kappa shape index (κ2) is 7.42. The van der Waals surface area contributed by atoms with Crippen LogP contribution >= 0.6 is 0 Å². The molecule has 6 nitrogen and oxygen atoms in total. The van der Waals surface area contributed by atoms with E-state index in [1.54, 1.807) is 6.92 Å². The fraction of sp³-hybridized carbons (Fsp3) is 0.474. The molecule has 0 spiro atoms. The van der Waals surface area contributed by atoms with Gasteiger partial charge in [0.15, 0.2) is 0 Å². The summed E-state index contributed by atoms with van der Waals surface area (Å²) in [7, 11) is -3.82. The van der Waals surface area contributed by atoms with Crippen LogP contribution in [0.25, 0.3) is 4.91 Å². The van der Waals surface area contributed by atoms with Crippen molar-refractivity contribution in [2.24, 2.45) is 10.3 Å². The molecule has 146 valence electrons. The van der Waals surface area contributed by atoms with Crippen molar-refractivity contribution in [3.63, 3.8) is 0 Å². The summed E-state index contributed by atoms with van der Waals surface area (Å²) in [5.41, 5.74) is 0.991. The maximum atomic E-state index is 13.2. The zero-order valence-corrected chi connectivity index (χ0v) is 16.5.